The number of urea groups is 1. The van der Waals surface area contributed by atoms with Crippen LogP contribution in [0.25, 0.3) is 0 Å². The number of hydrogen-bond donors (Lipinski definition) is 3. The van der Waals surface area contributed by atoms with Gasteiger partial charge in [0.2, 0.25) is 0 Å². The fourth-order valence-corrected chi connectivity index (χ4v) is 3.68. The molecule has 1 heterocycles. The highest BCUT2D eigenvalue weighted by Gasteiger charge is 2.39. The fourth-order valence-electron chi connectivity index (χ4n) is 3.68. The third-order valence-electron chi connectivity index (χ3n) is 5.53. The van der Waals surface area contributed by atoms with Gasteiger partial charge in [0.1, 0.15) is 0 Å². The van der Waals surface area contributed by atoms with Gasteiger partial charge in [0, 0.05) is 50.7 Å². The number of hydrogen-bond acceptors (Lipinski definition) is 4. The summed E-state index contributed by atoms with van der Waals surface area (Å²) in [5, 5.41) is 15.6. The highest BCUT2D eigenvalue weighted by atomic mass is 16.3. The molecular weight excluding hydrogens is 292 g/mol. The maximum Gasteiger partial charge on any atom is 0.315 e. The first-order valence-corrected chi connectivity index (χ1v) is 8.99. The predicted molar refractivity (Wildman–Crippen MR) is 92.5 cm³/mol. The second kappa shape index (κ2) is 8.31. The molecule has 0 radical (unpaired) electrons. The Hall–Kier alpha value is -0.850. The molecule has 1 saturated carbocycles. The van der Waals surface area contributed by atoms with Gasteiger partial charge in [0.25, 0.3) is 0 Å². The molecular formula is C17H34N4O2. The quantitative estimate of drug-likeness (QED) is 0.673. The average molecular weight is 326 g/mol. The zero-order valence-corrected chi connectivity index (χ0v) is 15.0. The molecule has 134 valence electrons. The second-order valence-corrected chi connectivity index (χ2v) is 7.82. The van der Waals surface area contributed by atoms with Crippen molar-refractivity contribution in [2.45, 2.75) is 39.2 Å². The molecule has 6 nitrogen and oxygen atoms in total. The summed E-state index contributed by atoms with van der Waals surface area (Å²) in [5.74, 6) is 0.442. The molecule has 3 N–H and O–H groups in total. The fraction of sp³-hybridized carbons (Fsp3) is 0.941. The minimum Gasteiger partial charge on any atom is -0.396 e. The van der Waals surface area contributed by atoms with Crippen molar-refractivity contribution in [3.05, 3.63) is 0 Å². The lowest BCUT2D eigenvalue weighted by molar-refractivity contribution is 0.120. The lowest BCUT2D eigenvalue weighted by Crippen LogP contribution is -2.50. The van der Waals surface area contributed by atoms with E-state index in [1.54, 1.807) is 0 Å². The molecule has 2 amide bonds. The van der Waals surface area contributed by atoms with Crippen molar-refractivity contribution in [3.63, 3.8) is 0 Å². The van der Waals surface area contributed by atoms with E-state index in [1.807, 2.05) is 0 Å². The number of amides is 2. The van der Waals surface area contributed by atoms with Gasteiger partial charge in [-0.15, -0.1) is 0 Å². The van der Waals surface area contributed by atoms with Crippen LogP contribution < -0.4 is 10.6 Å². The molecule has 1 saturated heterocycles. The molecule has 3 unspecified atom stereocenters. The first-order chi connectivity index (χ1) is 10.9. The van der Waals surface area contributed by atoms with Crippen LogP contribution in [0.2, 0.25) is 0 Å². The largest absolute Gasteiger partial charge is 0.396 e. The molecule has 0 spiro atoms. The number of carbonyl (C=O) groups excluding carboxylic acids is 1. The van der Waals surface area contributed by atoms with E-state index in [9.17, 15) is 9.90 Å². The van der Waals surface area contributed by atoms with E-state index in [4.69, 9.17) is 0 Å². The summed E-state index contributed by atoms with van der Waals surface area (Å²) < 4.78 is 0. The summed E-state index contributed by atoms with van der Waals surface area (Å²) in [4.78, 5) is 16.9. The summed E-state index contributed by atoms with van der Waals surface area (Å²) in [6.45, 7) is 10.6. The highest BCUT2D eigenvalue weighted by Crippen LogP contribution is 2.37. The molecule has 0 bridgehead atoms. The zero-order chi connectivity index (χ0) is 16.9. The zero-order valence-electron chi connectivity index (χ0n) is 15.0. The second-order valence-electron chi connectivity index (χ2n) is 7.82. The SMILES string of the molecule is CC(CNC(=O)NC1CCCC1(C)CO)CN1CCN(C)CC1. The van der Waals surface area contributed by atoms with E-state index in [0.717, 1.165) is 52.0 Å². The molecule has 0 aromatic rings. The van der Waals surface area contributed by atoms with Gasteiger partial charge < -0.3 is 25.5 Å². The number of nitrogens with zero attached hydrogens (tertiary/aromatic N) is 2. The van der Waals surface area contributed by atoms with E-state index >= 15 is 0 Å². The van der Waals surface area contributed by atoms with Crippen LogP contribution in [0.15, 0.2) is 0 Å². The Morgan fingerprint density at radius 1 is 1.35 bits per heavy atom. The van der Waals surface area contributed by atoms with E-state index < -0.39 is 0 Å². The molecule has 0 aromatic heterocycles. The van der Waals surface area contributed by atoms with Crippen LogP contribution in [-0.2, 0) is 0 Å². The molecule has 2 fully saturated rings. The molecule has 23 heavy (non-hydrogen) atoms. The average Bonchev–Trinajstić information content (AvgIpc) is 2.89. The van der Waals surface area contributed by atoms with Crippen LogP contribution in [0.4, 0.5) is 4.79 Å². The van der Waals surface area contributed by atoms with Crippen LogP contribution in [-0.4, -0.2) is 79.9 Å². The summed E-state index contributed by atoms with van der Waals surface area (Å²) >= 11 is 0. The highest BCUT2D eigenvalue weighted by molar-refractivity contribution is 5.74. The van der Waals surface area contributed by atoms with Crippen LogP contribution in [0, 0.1) is 11.3 Å². The predicted octanol–water partition coefficient (Wildman–Crippen LogP) is 0.720. The molecule has 2 aliphatic rings. The van der Waals surface area contributed by atoms with Crippen LogP contribution >= 0.6 is 0 Å². The Kier molecular flexibility index (Phi) is 6.68. The summed E-state index contributed by atoms with van der Waals surface area (Å²) in [7, 11) is 2.16. The number of aliphatic hydroxyl groups excluding tert-OH is 1. The lowest BCUT2D eigenvalue weighted by Gasteiger charge is -2.34. The minimum absolute atomic E-state index is 0.0837. The Labute approximate surface area is 140 Å². The van der Waals surface area contributed by atoms with Gasteiger partial charge in [-0.05, 0) is 25.8 Å². The number of nitrogens with one attached hydrogen (secondary N) is 2. The van der Waals surface area contributed by atoms with Gasteiger partial charge in [-0.1, -0.05) is 20.3 Å². The number of carbonyl (C=O) groups is 1. The Bertz CT molecular complexity index is 385. The van der Waals surface area contributed by atoms with Crippen LogP contribution in [0.1, 0.15) is 33.1 Å². The molecule has 3 atom stereocenters. The summed E-state index contributed by atoms with van der Waals surface area (Å²) in [6, 6.07) is -0.0118. The Morgan fingerprint density at radius 2 is 2.04 bits per heavy atom. The van der Waals surface area contributed by atoms with Crippen molar-refractivity contribution in [1.29, 1.82) is 0 Å². The smallest absolute Gasteiger partial charge is 0.315 e. The van der Waals surface area contributed by atoms with Crippen LogP contribution in [0.3, 0.4) is 0 Å². The lowest BCUT2D eigenvalue weighted by atomic mass is 9.86. The van der Waals surface area contributed by atoms with E-state index in [2.05, 4.69) is 41.3 Å². The number of likely N-dealkylation sites (N-methyl/N-ethyl adjacent to an activating group) is 1. The third kappa shape index (κ3) is 5.33. The van der Waals surface area contributed by atoms with Gasteiger partial charge in [-0.3, -0.25) is 0 Å². The first kappa shape index (κ1) is 18.5. The minimum atomic E-state index is -0.164. The van der Waals surface area contributed by atoms with Crippen molar-refractivity contribution >= 4 is 6.03 Å². The molecule has 1 aliphatic carbocycles. The van der Waals surface area contributed by atoms with Gasteiger partial charge >= 0.3 is 6.03 Å². The van der Waals surface area contributed by atoms with Gasteiger partial charge in [0.15, 0.2) is 0 Å². The normalized spacial score (nSPS) is 31.0. The first-order valence-electron chi connectivity index (χ1n) is 8.99. The van der Waals surface area contributed by atoms with Crippen molar-refractivity contribution in [3.8, 4) is 0 Å². The molecule has 0 aromatic carbocycles. The van der Waals surface area contributed by atoms with Crippen LogP contribution in [0.5, 0.6) is 0 Å². The molecule has 6 heteroatoms. The van der Waals surface area contributed by atoms with Gasteiger partial charge in [-0.2, -0.15) is 0 Å². The van der Waals surface area contributed by atoms with Gasteiger partial charge in [0.05, 0.1) is 6.61 Å². The Morgan fingerprint density at radius 3 is 2.70 bits per heavy atom. The monoisotopic (exact) mass is 326 g/mol. The number of rotatable bonds is 6. The van der Waals surface area contributed by atoms with Crippen molar-refractivity contribution in [2.75, 3.05) is 52.9 Å². The van der Waals surface area contributed by atoms with Crippen molar-refractivity contribution in [1.82, 2.24) is 20.4 Å². The van der Waals surface area contributed by atoms with Gasteiger partial charge in [-0.25, -0.2) is 4.79 Å². The summed E-state index contributed by atoms with van der Waals surface area (Å²) in [5.41, 5.74) is -0.164. The maximum atomic E-state index is 12.1. The topological polar surface area (TPSA) is 67.8 Å². The number of aliphatic hydroxyl groups is 1. The Balaban J connectivity index is 1.66. The van der Waals surface area contributed by atoms with E-state index in [1.165, 1.54) is 0 Å². The standard InChI is InChI=1S/C17H34N4O2/c1-14(12-21-9-7-20(3)8-10-21)11-18-16(23)19-15-5-4-6-17(15,2)13-22/h14-15,22H,4-13H2,1-3H3,(H2,18,19,23). The van der Waals surface area contributed by atoms with E-state index in [0.29, 0.717) is 12.5 Å². The summed E-state index contributed by atoms with van der Waals surface area (Å²) in [6.07, 6.45) is 3.01. The maximum absolute atomic E-state index is 12.1. The van der Waals surface area contributed by atoms with Crippen molar-refractivity contribution in [2.24, 2.45) is 11.3 Å². The molecule has 1 aliphatic heterocycles. The van der Waals surface area contributed by atoms with E-state index in [-0.39, 0.29) is 24.1 Å². The number of piperazine rings is 1. The molecule has 2 rings (SSSR count). The third-order valence-corrected chi connectivity index (χ3v) is 5.53. The van der Waals surface area contributed by atoms with Crippen molar-refractivity contribution < 1.29 is 9.90 Å².